The van der Waals surface area contributed by atoms with E-state index in [0.29, 0.717) is 18.3 Å². The molecule has 1 fully saturated rings. The molecule has 2 heteroatoms. The van der Waals surface area contributed by atoms with Crippen molar-refractivity contribution in [2.45, 2.75) is 65.2 Å². The van der Waals surface area contributed by atoms with E-state index in [-0.39, 0.29) is 5.91 Å². The van der Waals surface area contributed by atoms with Gasteiger partial charge in [0.2, 0.25) is 5.91 Å². The summed E-state index contributed by atoms with van der Waals surface area (Å²) in [6, 6.07) is 6.26. The number of anilines is 1. The van der Waals surface area contributed by atoms with E-state index in [1.807, 2.05) is 0 Å². The third-order valence-electron chi connectivity index (χ3n) is 4.39. The number of rotatable bonds is 4. The smallest absolute Gasteiger partial charge is 0.224 e. The molecule has 2 nitrogen and oxygen atoms in total. The molecule has 0 heterocycles. The maximum Gasteiger partial charge on any atom is 0.224 e. The van der Waals surface area contributed by atoms with Gasteiger partial charge in [0.15, 0.2) is 0 Å². The number of benzene rings is 1. The molecule has 0 aliphatic heterocycles. The van der Waals surface area contributed by atoms with Gasteiger partial charge in [0.1, 0.15) is 0 Å². The highest BCUT2D eigenvalue weighted by molar-refractivity contribution is 5.92. The third-order valence-corrected chi connectivity index (χ3v) is 4.39. The van der Waals surface area contributed by atoms with Crippen molar-refractivity contribution in [2.75, 3.05) is 5.32 Å². The van der Waals surface area contributed by atoms with E-state index in [9.17, 15) is 4.79 Å². The van der Waals surface area contributed by atoms with Crippen LogP contribution in [0.5, 0.6) is 0 Å². The Morgan fingerprint density at radius 1 is 1.25 bits per heavy atom. The average molecular weight is 273 g/mol. The Bertz CT molecular complexity index is 458. The van der Waals surface area contributed by atoms with E-state index in [2.05, 4.69) is 44.3 Å². The van der Waals surface area contributed by atoms with Crippen molar-refractivity contribution >= 4 is 11.6 Å². The second-order valence-corrected chi connectivity index (χ2v) is 6.45. The van der Waals surface area contributed by atoms with Crippen LogP contribution in [-0.2, 0) is 4.79 Å². The number of para-hydroxylation sites is 1. The zero-order valence-electron chi connectivity index (χ0n) is 13.0. The molecule has 0 spiro atoms. The molecule has 20 heavy (non-hydrogen) atoms. The summed E-state index contributed by atoms with van der Waals surface area (Å²) in [5, 5.41) is 3.17. The van der Waals surface area contributed by atoms with Crippen molar-refractivity contribution in [3.05, 3.63) is 29.3 Å². The lowest BCUT2D eigenvalue weighted by Gasteiger charge is -2.22. The molecule has 110 valence electrons. The standard InChI is InChI=1S/C18H27NO/c1-13(2)16-11-7-8-14(3)18(16)19-17(20)12-15-9-5-4-6-10-15/h7-8,11,13,15H,4-6,9-10,12H2,1-3H3,(H,19,20). The summed E-state index contributed by atoms with van der Waals surface area (Å²) in [6.07, 6.45) is 7.05. The molecule has 1 aliphatic rings. The fourth-order valence-corrected chi connectivity index (χ4v) is 3.19. The van der Waals surface area contributed by atoms with Gasteiger partial charge < -0.3 is 5.32 Å². The Balaban J connectivity index is 2.03. The van der Waals surface area contributed by atoms with Crippen LogP contribution in [0, 0.1) is 12.8 Å². The summed E-state index contributed by atoms with van der Waals surface area (Å²) in [7, 11) is 0. The van der Waals surface area contributed by atoms with Crippen LogP contribution in [0.4, 0.5) is 5.69 Å². The van der Waals surface area contributed by atoms with Gasteiger partial charge in [0.05, 0.1) is 0 Å². The largest absolute Gasteiger partial charge is 0.326 e. The zero-order valence-corrected chi connectivity index (χ0v) is 13.0. The maximum atomic E-state index is 12.3. The molecule has 0 aromatic heterocycles. The van der Waals surface area contributed by atoms with Crippen LogP contribution < -0.4 is 5.32 Å². The summed E-state index contributed by atoms with van der Waals surface area (Å²) in [5.41, 5.74) is 3.43. The molecule has 1 aromatic rings. The Morgan fingerprint density at radius 2 is 1.95 bits per heavy atom. The minimum Gasteiger partial charge on any atom is -0.326 e. The molecule has 0 radical (unpaired) electrons. The molecule has 2 rings (SSSR count). The van der Waals surface area contributed by atoms with Crippen LogP contribution in [0.1, 0.15) is 69.4 Å². The number of carbonyl (C=O) groups is 1. The molecule has 0 saturated heterocycles. The minimum absolute atomic E-state index is 0.188. The second kappa shape index (κ2) is 6.92. The van der Waals surface area contributed by atoms with Gasteiger partial charge in [-0.3, -0.25) is 4.79 Å². The first kappa shape index (κ1) is 15.1. The topological polar surface area (TPSA) is 29.1 Å². The fourth-order valence-electron chi connectivity index (χ4n) is 3.19. The molecule has 1 N–H and O–H groups in total. The number of aryl methyl sites for hydroxylation is 1. The first-order valence-corrected chi connectivity index (χ1v) is 7.97. The highest BCUT2D eigenvalue weighted by atomic mass is 16.1. The summed E-state index contributed by atoms with van der Waals surface area (Å²) in [4.78, 5) is 12.3. The van der Waals surface area contributed by atoms with E-state index in [1.165, 1.54) is 37.7 Å². The lowest BCUT2D eigenvalue weighted by molar-refractivity contribution is -0.117. The van der Waals surface area contributed by atoms with Crippen molar-refractivity contribution in [3.8, 4) is 0 Å². The van der Waals surface area contributed by atoms with Crippen molar-refractivity contribution < 1.29 is 4.79 Å². The van der Waals surface area contributed by atoms with Crippen LogP contribution in [-0.4, -0.2) is 5.91 Å². The number of carbonyl (C=O) groups excluding carboxylic acids is 1. The minimum atomic E-state index is 0.188. The number of hydrogen-bond donors (Lipinski definition) is 1. The molecular weight excluding hydrogens is 246 g/mol. The molecule has 1 amide bonds. The first-order valence-electron chi connectivity index (χ1n) is 7.97. The number of amides is 1. The van der Waals surface area contributed by atoms with Gasteiger partial charge >= 0.3 is 0 Å². The molecular formula is C18H27NO. The van der Waals surface area contributed by atoms with E-state index < -0.39 is 0 Å². The lowest BCUT2D eigenvalue weighted by atomic mass is 9.87. The quantitative estimate of drug-likeness (QED) is 0.819. The Morgan fingerprint density at radius 3 is 2.60 bits per heavy atom. The van der Waals surface area contributed by atoms with Gasteiger partial charge in [-0.25, -0.2) is 0 Å². The van der Waals surface area contributed by atoms with Gasteiger partial charge in [-0.05, 0) is 42.7 Å². The average Bonchev–Trinajstić information content (AvgIpc) is 2.42. The van der Waals surface area contributed by atoms with Gasteiger partial charge in [0, 0.05) is 12.1 Å². The lowest BCUT2D eigenvalue weighted by Crippen LogP contribution is -2.19. The molecule has 0 unspecified atom stereocenters. The normalized spacial score (nSPS) is 16.4. The zero-order chi connectivity index (χ0) is 14.5. The fraction of sp³-hybridized carbons (Fsp3) is 0.611. The first-order chi connectivity index (χ1) is 9.58. The summed E-state index contributed by atoms with van der Waals surface area (Å²) in [5.74, 6) is 1.21. The van der Waals surface area contributed by atoms with Gasteiger partial charge in [-0.1, -0.05) is 51.3 Å². The summed E-state index contributed by atoms with van der Waals surface area (Å²) < 4.78 is 0. The second-order valence-electron chi connectivity index (χ2n) is 6.45. The van der Waals surface area contributed by atoms with Gasteiger partial charge in [-0.2, -0.15) is 0 Å². The molecule has 1 aliphatic carbocycles. The molecule has 1 aromatic carbocycles. The predicted octanol–water partition coefficient (Wildman–Crippen LogP) is 5.03. The highest BCUT2D eigenvalue weighted by Crippen LogP contribution is 2.29. The van der Waals surface area contributed by atoms with Crippen molar-refractivity contribution in [1.82, 2.24) is 0 Å². The van der Waals surface area contributed by atoms with E-state index in [4.69, 9.17) is 0 Å². The van der Waals surface area contributed by atoms with Crippen LogP contribution in [0.15, 0.2) is 18.2 Å². The van der Waals surface area contributed by atoms with E-state index in [0.717, 1.165) is 11.3 Å². The molecule has 0 atom stereocenters. The third kappa shape index (κ3) is 3.84. The Kier molecular flexibility index (Phi) is 5.22. The van der Waals surface area contributed by atoms with Crippen LogP contribution >= 0.6 is 0 Å². The maximum absolute atomic E-state index is 12.3. The van der Waals surface area contributed by atoms with Crippen LogP contribution in [0.3, 0.4) is 0 Å². The summed E-state index contributed by atoms with van der Waals surface area (Å²) in [6.45, 7) is 6.42. The SMILES string of the molecule is Cc1cccc(C(C)C)c1NC(=O)CC1CCCCC1. The van der Waals surface area contributed by atoms with E-state index in [1.54, 1.807) is 0 Å². The molecule has 0 bridgehead atoms. The van der Waals surface area contributed by atoms with Crippen molar-refractivity contribution in [1.29, 1.82) is 0 Å². The van der Waals surface area contributed by atoms with E-state index >= 15 is 0 Å². The van der Waals surface area contributed by atoms with Crippen LogP contribution in [0.25, 0.3) is 0 Å². The Labute approximate surface area is 123 Å². The molecule has 1 saturated carbocycles. The highest BCUT2D eigenvalue weighted by Gasteiger charge is 2.18. The summed E-state index contributed by atoms with van der Waals surface area (Å²) >= 11 is 0. The number of nitrogens with one attached hydrogen (secondary N) is 1. The number of hydrogen-bond acceptors (Lipinski definition) is 1. The van der Waals surface area contributed by atoms with Crippen molar-refractivity contribution in [2.24, 2.45) is 5.92 Å². The monoisotopic (exact) mass is 273 g/mol. The van der Waals surface area contributed by atoms with Crippen LogP contribution in [0.2, 0.25) is 0 Å². The Hall–Kier alpha value is -1.31. The van der Waals surface area contributed by atoms with Gasteiger partial charge in [-0.15, -0.1) is 0 Å². The van der Waals surface area contributed by atoms with Crippen molar-refractivity contribution in [3.63, 3.8) is 0 Å². The van der Waals surface area contributed by atoms with Gasteiger partial charge in [0.25, 0.3) is 0 Å². The predicted molar refractivity (Wildman–Crippen MR) is 85.1 cm³/mol.